The first-order chi connectivity index (χ1) is 10.8. The highest BCUT2D eigenvalue weighted by atomic mass is 32.2. The highest BCUT2D eigenvalue weighted by Gasteiger charge is 2.40. The van der Waals surface area contributed by atoms with E-state index in [0.29, 0.717) is 12.5 Å². The Bertz CT molecular complexity index is 365. The number of hydrogen-bond donors (Lipinski definition) is 2. The number of carbonyl (C=O) groups excluding carboxylic acids is 1. The average Bonchev–Trinajstić information content (AvgIpc) is 3.24. The van der Waals surface area contributed by atoms with Gasteiger partial charge in [0.2, 0.25) is 0 Å². The van der Waals surface area contributed by atoms with Crippen molar-refractivity contribution in [3.63, 3.8) is 0 Å². The maximum Gasteiger partial charge on any atom is 0.314 e. The molecule has 0 aliphatic carbocycles. The number of nitrogens with zero attached hydrogens (tertiary/aromatic N) is 1. The molecule has 2 unspecified atom stereocenters. The normalized spacial score (nSPS) is 33.0. The van der Waals surface area contributed by atoms with Crippen molar-refractivity contribution in [3.8, 4) is 0 Å². The minimum Gasteiger partial charge on any atom is -0.381 e. The van der Waals surface area contributed by atoms with Crippen LogP contribution in [-0.4, -0.2) is 80.6 Å². The second-order valence-corrected chi connectivity index (χ2v) is 7.52. The van der Waals surface area contributed by atoms with Gasteiger partial charge in [0.15, 0.2) is 0 Å². The van der Waals surface area contributed by atoms with Gasteiger partial charge in [0.25, 0.3) is 0 Å². The quantitative estimate of drug-likeness (QED) is 0.770. The van der Waals surface area contributed by atoms with Crippen molar-refractivity contribution in [2.45, 2.75) is 18.4 Å². The zero-order valence-electron chi connectivity index (χ0n) is 13.1. The van der Waals surface area contributed by atoms with Crippen molar-refractivity contribution >= 4 is 17.8 Å². The highest BCUT2D eigenvalue weighted by molar-refractivity contribution is 7.99. The summed E-state index contributed by atoms with van der Waals surface area (Å²) in [5.41, 5.74) is 0.113. The van der Waals surface area contributed by atoms with Gasteiger partial charge in [-0.25, -0.2) is 4.79 Å². The lowest BCUT2D eigenvalue weighted by Crippen LogP contribution is -2.60. The third-order valence-corrected chi connectivity index (χ3v) is 6.15. The molecule has 2 amide bonds. The Balaban J connectivity index is 1.45. The summed E-state index contributed by atoms with van der Waals surface area (Å²) in [4.78, 5) is 14.6. The largest absolute Gasteiger partial charge is 0.381 e. The second-order valence-electron chi connectivity index (χ2n) is 6.42. The van der Waals surface area contributed by atoms with Gasteiger partial charge in [-0.05, 0) is 18.6 Å². The summed E-state index contributed by atoms with van der Waals surface area (Å²) in [6.45, 7) is 6.60. The summed E-state index contributed by atoms with van der Waals surface area (Å²) < 4.78 is 10.8. The average molecular weight is 329 g/mol. The van der Waals surface area contributed by atoms with Crippen molar-refractivity contribution in [1.82, 2.24) is 15.5 Å². The van der Waals surface area contributed by atoms with E-state index in [1.54, 1.807) is 0 Å². The molecule has 7 heteroatoms. The maximum atomic E-state index is 12.1. The summed E-state index contributed by atoms with van der Waals surface area (Å²) in [5.74, 6) is 2.75. The summed E-state index contributed by atoms with van der Waals surface area (Å²) in [6.07, 6.45) is 2.20. The number of ether oxygens (including phenoxy) is 2. The fourth-order valence-corrected chi connectivity index (χ4v) is 4.90. The number of nitrogens with one attached hydrogen (secondary N) is 2. The third-order valence-electron chi connectivity index (χ3n) is 4.92. The Morgan fingerprint density at radius 1 is 1.23 bits per heavy atom. The lowest BCUT2D eigenvalue weighted by molar-refractivity contribution is -0.0124. The van der Waals surface area contributed by atoms with Gasteiger partial charge in [-0.15, -0.1) is 0 Å². The molecule has 3 rings (SSSR count). The number of morpholine rings is 1. The number of hydrogen-bond acceptors (Lipinski definition) is 5. The van der Waals surface area contributed by atoms with E-state index in [0.717, 1.165) is 64.7 Å². The van der Waals surface area contributed by atoms with Crippen LogP contribution in [0.15, 0.2) is 0 Å². The zero-order chi connectivity index (χ0) is 15.3. The van der Waals surface area contributed by atoms with E-state index in [2.05, 4.69) is 15.5 Å². The zero-order valence-corrected chi connectivity index (χ0v) is 14.0. The molecule has 0 saturated carbocycles. The van der Waals surface area contributed by atoms with Crippen LogP contribution in [0.25, 0.3) is 0 Å². The van der Waals surface area contributed by atoms with Gasteiger partial charge >= 0.3 is 6.03 Å². The van der Waals surface area contributed by atoms with Crippen molar-refractivity contribution in [1.29, 1.82) is 0 Å². The molecule has 0 spiro atoms. The summed E-state index contributed by atoms with van der Waals surface area (Å²) in [5, 5.41) is 6.09. The number of carbonyl (C=O) groups is 1. The molecule has 3 fully saturated rings. The van der Waals surface area contributed by atoms with Crippen molar-refractivity contribution in [3.05, 3.63) is 0 Å². The molecule has 126 valence electrons. The molecule has 2 N–H and O–H groups in total. The van der Waals surface area contributed by atoms with Crippen molar-refractivity contribution < 1.29 is 14.3 Å². The van der Waals surface area contributed by atoms with Gasteiger partial charge in [-0.2, -0.15) is 11.8 Å². The van der Waals surface area contributed by atoms with Crippen molar-refractivity contribution in [2.24, 2.45) is 5.92 Å². The number of amides is 2. The Morgan fingerprint density at radius 2 is 2.09 bits per heavy atom. The number of rotatable bonds is 5. The Labute approximate surface area is 136 Å². The molecule has 0 aromatic heterocycles. The lowest BCUT2D eigenvalue weighted by Gasteiger charge is -2.43. The standard InChI is InChI=1S/C15H27N3O3S/c19-14(16-9-13-1-5-21-10-13)17-11-15(2-8-22-12-15)18-3-6-20-7-4-18/h13H,1-12H2,(H2,16,17,19). The van der Waals surface area contributed by atoms with Gasteiger partial charge in [0.1, 0.15) is 0 Å². The monoisotopic (exact) mass is 329 g/mol. The van der Waals surface area contributed by atoms with Crippen LogP contribution in [0.4, 0.5) is 4.79 Å². The van der Waals surface area contributed by atoms with E-state index in [-0.39, 0.29) is 11.6 Å². The Kier molecular flexibility index (Phi) is 5.84. The van der Waals surface area contributed by atoms with E-state index < -0.39 is 0 Å². The van der Waals surface area contributed by atoms with Gasteiger partial charge in [-0.3, -0.25) is 4.90 Å². The number of thioether (sulfide) groups is 1. The van der Waals surface area contributed by atoms with Gasteiger partial charge in [0.05, 0.1) is 19.8 Å². The molecule has 3 saturated heterocycles. The van der Waals surface area contributed by atoms with Crippen LogP contribution in [0, 0.1) is 5.92 Å². The first-order valence-electron chi connectivity index (χ1n) is 8.28. The molecular formula is C15H27N3O3S. The topological polar surface area (TPSA) is 62.8 Å². The van der Waals surface area contributed by atoms with Crippen LogP contribution in [0.2, 0.25) is 0 Å². The highest BCUT2D eigenvalue weighted by Crippen LogP contribution is 2.33. The third kappa shape index (κ3) is 4.07. The molecule has 0 aromatic rings. The smallest absolute Gasteiger partial charge is 0.314 e. The van der Waals surface area contributed by atoms with Gasteiger partial charge in [0, 0.05) is 50.0 Å². The van der Waals surface area contributed by atoms with Crippen molar-refractivity contribution in [2.75, 3.05) is 64.1 Å². The van der Waals surface area contributed by atoms with E-state index in [4.69, 9.17) is 9.47 Å². The first kappa shape index (κ1) is 16.4. The van der Waals surface area contributed by atoms with E-state index in [9.17, 15) is 4.79 Å². The molecule has 0 aromatic carbocycles. The van der Waals surface area contributed by atoms with Crippen LogP contribution < -0.4 is 10.6 Å². The van der Waals surface area contributed by atoms with Crippen LogP contribution in [0.1, 0.15) is 12.8 Å². The molecule has 3 aliphatic rings. The molecule has 2 atom stereocenters. The Hall–Kier alpha value is -0.500. The second kappa shape index (κ2) is 7.86. The van der Waals surface area contributed by atoms with Crippen LogP contribution >= 0.6 is 11.8 Å². The first-order valence-corrected chi connectivity index (χ1v) is 9.44. The SMILES string of the molecule is O=C(NCC1CCOC1)NCC1(N2CCOCC2)CCSC1. The van der Waals surface area contributed by atoms with E-state index >= 15 is 0 Å². The predicted molar refractivity (Wildman–Crippen MR) is 87.4 cm³/mol. The predicted octanol–water partition coefficient (Wildman–Crippen LogP) is 0.530. The van der Waals surface area contributed by atoms with Crippen LogP contribution in [0.5, 0.6) is 0 Å². The molecule has 3 aliphatic heterocycles. The minimum atomic E-state index is -0.0450. The molecule has 0 radical (unpaired) electrons. The van der Waals surface area contributed by atoms with Crippen LogP contribution in [0.3, 0.4) is 0 Å². The summed E-state index contributed by atoms with van der Waals surface area (Å²) >= 11 is 1.99. The molecule has 0 bridgehead atoms. The molecule has 22 heavy (non-hydrogen) atoms. The summed E-state index contributed by atoms with van der Waals surface area (Å²) in [7, 11) is 0. The lowest BCUT2D eigenvalue weighted by atomic mass is 9.95. The molecule has 6 nitrogen and oxygen atoms in total. The summed E-state index contributed by atoms with van der Waals surface area (Å²) in [6, 6.07) is -0.0450. The van der Waals surface area contributed by atoms with E-state index in [1.807, 2.05) is 11.8 Å². The molecular weight excluding hydrogens is 302 g/mol. The van der Waals surface area contributed by atoms with Gasteiger partial charge < -0.3 is 20.1 Å². The minimum absolute atomic E-state index is 0.0450. The Morgan fingerprint density at radius 3 is 2.77 bits per heavy atom. The van der Waals surface area contributed by atoms with Crippen LogP contribution in [-0.2, 0) is 9.47 Å². The van der Waals surface area contributed by atoms with E-state index in [1.165, 1.54) is 5.75 Å². The van der Waals surface area contributed by atoms with Gasteiger partial charge in [-0.1, -0.05) is 0 Å². The maximum absolute atomic E-state index is 12.1. The number of urea groups is 1. The fraction of sp³-hybridized carbons (Fsp3) is 0.933. The fourth-order valence-electron chi connectivity index (χ4n) is 3.42. The molecule has 3 heterocycles.